The molecule has 0 radical (unpaired) electrons. The lowest BCUT2D eigenvalue weighted by atomic mass is 10.1. The summed E-state index contributed by atoms with van der Waals surface area (Å²) < 4.78 is 0. The molecule has 5 heteroatoms. The Balaban J connectivity index is 2.20. The van der Waals surface area contributed by atoms with Crippen LogP contribution in [-0.4, -0.2) is 47.9 Å². The fraction of sp³-hybridized carbons (Fsp3) is 0.538. The highest BCUT2D eigenvalue weighted by atomic mass is 15.3. The Kier molecular flexibility index (Phi) is 3.81. The molecule has 0 bridgehead atoms. The van der Waals surface area contributed by atoms with Gasteiger partial charge in [0.2, 0.25) is 0 Å². The predicted molar refractivity (Wildman–Crippen MR) is 74.2 cm³/mol. The van der Waals surface area contributed by atoms with Crippen LogP contribution in [0.25, 0.3) is 0 Å². The van der Waals surface area contributed by atoms with Gasteiger partial charge in [-0.05, 0) is 19.5 Å². The van der Waals surface area contributed by atoms with E-state index in [9.17, 15) is 0 Å². The summed E-state index contributed by atoms with van der Waals surface area (Å²) in [5, 5.41) is 7.63. The minimum Gasteiger partial charge on any atom is -0.384 e. The van der Waals surface area contributed by atoms with Crippen molar-refractivity contribution in [1.29, 1.82) is 5.41 Å². The van der Waals surface area contributed by atoms with Gasteiger partial charge in [-0.3, -0.25) is 15.3 Å². The summed E-state index contributed by atoms with van der Waals surface area (Å²) >= 11 is 0. The van der Waals surface area contributed by atoms with E-state index in [0.29, 0.717) is 6.04 Å². The Morgan fingerprint density at radius 2 is 2.33 bits per heavy atom. The zero-order valence-corrected chi connectivity index (χ0v) is 11.1. The number of nitrogens with one attached hydrogen (secondary N) is 1. The van der Waals surface area contributed by atoms with Crippen LogP contribution in [0, 0.1) is 5.41 Å². The number of nitrogen functional groups attached to an aromatic ring is 1. The number of nitrogens with two attached hydrogens (primary N) is 1. The van der Waals surface area contributed by atoms with Crippen LogP contribution in [0.4, 0.5) is 5.69 Å². The third-order valence-electron chi connectivity index (χ3n) is 3.60. The molecule has 1 fully saturated rings. The first kappa shape index (κ1) is 12.8. The van der Waals surface area contributed by atoms with Crippen molar-refractivity contribution in [2.75, 3.05) is 31.1 Å². The minimum absolute atomic E-state index is 0.109. The van der Waals surface area contributed by atoms with E-state index in [2.05, 4.69) is 28.6 Å². The molecule has 1 saturated heterocycles. The van der Waals surface area contributed by atoms with Gasteiger partial charge in [0, 0.05) is 37.4 Å². The molecule has 0 aromatic carbocycles. The zero-order valence-electron chi connectivity index (χ0n) is 11.1. The first-order valence-corrected chi connectivity index (χ1v) is 6.41. The number of piperazine rings is 1. The van der Waals surface area contributed by atoms with E-state index in [0.717, 1.165) is 37.4 Å². The smallest absolute Gasteiger partial charge is 0.125 e. The van der Waals surface area contributed by atoms with Crippen LogP contribution in [0.1, 0.15) is 19.4 Å². The summed E-state index contributed by atoms with van der Waals surface area (Å²) in [5.41, 5.74) is 7.39. The largest absolute Gasteiger partial charge is 0.384 e. The summed E-state index contributed by atoms with van der Waals surface area (Å²) in [5.74, 6) is 0.109. The van der Waals surface area contributed by atoms with E-state index in [-0.39, 0.29) is 5.84 Å². The molecule has 18 heavy (non-hydrogen) atoms. The van der Waals surface area contributed by atoms with Crippen LogP contribution in [0.15, 0.2) is 18.5 Å². The molecule has 0 spiro atoms. The van der Waals surface area contributed by atoms with Crippen molar-refractivity contribution in [2.45, 2.75) is 19.9 Å². The van der Waals surface area contributed by atoms with Crippen LogP contribution in [0.5, 0.6) is 0 Å². The average molecular weight is 247 g/mol. The van der Waals surface area contributed by atoms with Crippen LogP contribution in [-0.2, 0) is 0 Å². The van der Waals surface area contributed by atoms with Crippen molar-refractivity contribution in [3.05, 3.63) is 24.0 Å². The van der Waals surface area contributed by atoms with Crippen LogP contribution in [0.3, 0.4) is 0 Å². The number of rotatable bonds is 3. The molecule has 1 aliphatic rings. The van der Waals surface area contributed by atoms with Gasteiger partial charge in [0.25, 0.3) is 0 Å². The third-order valence-corrected chi connectivity index (χ3v) is 3.60. The summed E-state index contributed by atoms with van der Waals surface area (Å²) in [6.07, 6.45) is 3.50. The van der Waals surface area contributed by atoms with Crippen LogP contribution >= 0.6 is 0 Å². The lowest BCUT2D eigenvalue weighted by Gasteiger charge is -2.40. The van der Waals surface area contributed by atoms with E-state index < -0.39 is 0 Å². The Morgan fingerprint density at radius 3 is 2.94 bits per heavy atom. The van der Waals surface area contributed by atoms with E-state index in [1.165, 1.54) is 0 Å². The minimum atomic E-state index is 0.109. The van der Waals surface area contributed by atoms with Crippen molar-refractivity contribution in [1.82, 2.24) is 9.88 Å². The van der Waals surface area contributed by atoms with Gasteiger partial charge in [0.15, 0.2) is 0 Å². The molecule has 2 rings (SSSR count). The number of aromatic nitrogens is 1. The number of hydrogen-bond donors (Lipinski definition) is 2. The maximum atomic E-state index is 7.63. The number of nitrogens with zero attached hydrogens (tertiary/aromatic N) is 3. The summed E-state index contributed by atoms with van der Waals surface area (Å²) in [6.45, 7) is 8.48. The predicted octanol–water partition coefficient (Wildman–Crippen LogP) is 0.896. The van der Waals surface area contributed by atoms with E-state index >= 15 is 0 Å². The molecular formula is C13H21N5. The maximum Gasteiger partial charge on any atom is 0.125 e. The first-order chi connectivity index (χ1) is 8.63. The lowest BCUT2D eigenvalue weighted by Crippen LogP contribution is -2.52. The molecular weight excluding hydrogens is 226 g/mol. The molecule has 3 N–H and O–H groups in total. The Morgan fingerprint density at radius 1 is 1.56 bits per heavy atom. The number of anilines is 1. The van der Waals surface area contributed by atoms with Crippen molar-refractivity contribution in [3.8, 4) is 0 Å². The number of amidine groups is 1. The second-order valence-corrected chi connectivity index (χ2v) is 4.73. The molecule has 1 unspecified atom stereocenters. The van der Waals surface area contributed by atoms with Gasteiger partial charge >= 0.3 is 0 Å². The average Bonchev–Trinajstić information content (AvgIpc) is 2.38. The van der Waals surface area contributed by atoms with Crippen LogP contribution in [0.2, 0.25) is 0 Å². The van der Waals surface area contributed by atoms with Gasteiger partial charge < -0.3 is 10.6 Å². The molecule has 98 valence electrons. The molecule has 0 saturated carbocycles. The van der Waals surface area contributed by atoms with Gasteiger partial charge in [-0.15, -0.1) is 0 Å². The Bertz CT molecular complexity index is 431. The highest BCUT2D eigenvalue weighted by Crippen LogP contribution is 2.22. The second kappa shape index (κ2) is 5.35. The molecule has 1 aromatic heterocycles. The van der Waals surface area contributed by atoms with Crippen molar-refractivity contribution < 1.29 is 0 Å². The van der Waals surface area contributed by atoms with Crippen molar-refractivity contribution >= 4 is 11.5 Å². The topological polar surface area (TPSA) is 69.2 Å². The standard InChI is InChI=1S/C13H21N5/c1-3-17-6-7-18(9-10(17)2)12-8-16-5-4-11(12)13(14)15/h4-5,8,10H,3,6-7,9H2,1-2H3,(H3,14,15). The van der Waals surface area contributed by atoms with Gasteiger partial charge in [-0.1, -0.05) is 6.92 Å². The van der Waals surface area contributed by atoms with Gasteiger partial charge in [-0.25, -0.2) is 0 Å². The van der Waals surface area contributed by atoms with Gasteiger partial charge in [0.1, 0.15) is 5.84 Å². The molecule has 1 aliphatic heterocycles. The number of hydrogen-bond acceptors (Lipinski definition) is 4. The molecule has 0 amide bonds. The molecule has 5 nitrogen and oxygen atoms in total. The Labute approximate surface area is 108 Å². The highest BCUT2D eigenvalue weighted by molar-refractivity contribution is 6.00. The highest BCUT2D eigenvalue weighted by Gasteiger charge is 2.24. The number of pyridine rings is 1. The first-order valence-electron chi connectivity index (χ1n) is 6.41. The Hall–Kier alpha value is -1.62. The van der Waals surface area contributed by atoms with Crippen molar-refractivity contribution in [2.24, 2.45) is 5.73 Å². The molecule has 1 aromatic rings. The fourth-order valence-corrected chi connectivity index (χ4v) is 2.55. The van der Waals surface area contributed by atoms with Crippen LogP contribution < -0.4 is 10.6 Å². The van der Waals surface area contributed by atoms with Gasteiger partial charge in [0.05, 0.1) is 11.9 Å². The summed E-state index contributed by atoms with van der Waals surface area (Å²) in [4.78, 5) is 8.90. The lowest BCUT2D eigenvalue weighted by molar-refractivity contribution is 0.199. The van der Waals surface area contributed by atoms with E-state index in [1.54, 1.807) is 6.20 Å². The third kappa shape index (κ3) is 2.46. The molecule has 0 aliphatic carbocycles. The zero-order chi connectivity index (χ0) is 13.1. The van der Waals surface area contributed by atoms with E-state index in [1.807, 2.05) is 12.3 Å². The monoisotopic (exact) mass is 247 g/mol. The fourth-order valence-electron chi connectivity index (χ4n) is 2.55. The summed E-state index contributed by atoms with van der Waals surface area (Å²) in [6, 6.07) is 2.33. The van der Waals surface area contributed by atoms with Gasteiger partial charge in [-0.2, -0.15) is 0 Å². The molecule has 2 heterocycles. The summed E-state index contributed by atoms with van der Waals surface area (Å²) in [7, 11) is 0. The van der Waals surface area contributed by atoms with E-state index in [4.69, 9.17) is 11.1 Å². The maximum absolute atomic E-state index is 7.63. The van der Waals surface area contributed by atoms with Crippen molar-refractivity contribution in [3.63, 3.8) is 0 Å². The molecule has 1 atom stereocenters. The normalized spacial score (nSPS) is 21.0. The quantitative estimate of drug-likeness (QED) is 0.615. The second-order valence-electron chi connectivity index (χ2n) is 4.73. The number of likely N-dealkylation sites (N-methyl/N-ethyl adjacent to an activating group) is 1. The SMILES string of the molecule is CCN1CCN(c2cnccc2C(=N)N)CC1C.